The second-order valence-corrected chi connectivity index (χ2v) is 9.06. The maximum absolute atomic E-state index is 12.0. The lowest BCUT2D eigenvalue weighted by atomic mass is 9.87. The number of aromatic nitrogens is 2. The molecule has 2 heterocycles. The summed E-state index contributed by atoms with van der Waals surface area (Å²) in [6, 6.07) is 8.56. The highest BCUT2D eigenvalue weighted by atomic mass is 16.5. The molecule has 30 heavy (non-hydrogen) atoms. The van der Waals surface area contributed by atoms with E-state index < -0.39 is 0 Å². The Kier molecular flexibility index (Phi) is 7.79. The van der Waals surface area contributed by atoms with E-state index in [1.807, 2.05) is 0 Å². The molecule has 1 unspecified atom stereocenters. The fraction of sp³-hybridized carbons (Fsp3) is 0.680. The maximum atomic E-state index is 12.0. The van der Waals surface area contributed by atoms with Crippen LogP contribution in [0.2, 0.25) is 0 Å². The Balaban J connectivity index is 1.25. The van der Waals surface area contributed by atoms with Gasteiger partial charge in [0.2, 0.25) is 5.91 Å². The summed E-state index contributed by atoms with van der Waals surface area (Å²) in [5.41, 5.74) is 2.41. The zero-order chi connectivity index (χ0) is 20.6. The van der Waals surface area contributed by atoms with Crippen LogP contribution in [0.15, 0.2) is 24.3 Å². The van der Waals surface area contributed by atoms with Crippen LogP contribution < -0.4 is 5.32 Å². The number of aryl methyl sites for hydroxylation is 2. The Bertz CT molecular complexity index is 804. The fourth-order valence-electron chi connectivity index (χ4n) is 5.05. The van der Waals surface area contributed by atoms with Crippen LogP contribution in [-0.4, -0.2) is 34.7 Å². The normalized spacial score (nSPS) is 20.1. The molecule has 164 valence electrons. The molecule has 1 aliphatic heterocycles. The van der Waals surface area contributed by atoms with E-state index >= 15 is 0 Å². The first-order valence-electron chi connectivity index (χ1n) is 12.1. The lowest BCUT2D eigenvalue weighted by molar-refractivity contribution is -0.130. The van der Waals surface area contributed by atoms with Crippen LogP contribution in [-0.2, 0) is 22.5 Å². The van der Waals surface area contributed by atoms with Crippen LogP contribution in [0.5, 0.6) is 0 Å². The van der Waals surface area contributed by atoms with Crippen molar-refractivity contribution in [3.05, 3.63) is 30.1 Å². The first kappa shape index (κ1) is 21.4. The molecule has 5 heteroatoms. The van der Waals surface area contributed by atoms with Gasteiger partial charge in [-0.1, -0.05) is 50.7 Å². The Labute approximate surface area is 180 Å². The SMILES string of the molecule is O=C(NCCCCCc1nc2ccccc2n1CCC1CCCCC1)C1CCCO1. The van der Waals surface area contributed by atoms with Gasteiger partial charge < -0.3 is 14.6 Å². The molecule has 1 saturated carbocycles. The van der Waals surface area contributed by atoms with Crippen LogP contribution >= 0.6 is 0 Å². The number of hydrogen-bond acceptors (Lipinski definition) is 3. The van der Waals surface area contributed by atoms with Crippen LogP contribution in [0.4, 0.5) is 0 Å². The summed E-state index contributed by atoms with van der Waals surface area (Å²) in [4.78, 5) is 16.9. The maximum Gasteiger partial charge on any atom is 0.249 e. The van der Waals surface area contributed by atoms with Crippen molar-refractivity contribution in [1.29, 1.82) is 0 Å². The van der Waals surface area contributed by atoms with Gasteiger partial charge in [-0.15, -0.1) is 0 Å². The van der Waals surface area contributed by atoms with Crippen molar-refractivity contribution in [2.75, 3.05) is 13.2 Å². The predicted octanol–water partition coefficient (Wildman–Crippen LogP) is 5.01. The molecule has 4 rings (SSSR count). The predicted molar refractivity (Wildman–Crippen MR) is 120 cm³/mol. The number of unbranched alkanes of at least 4 members (excludes halogenated alkanes) is 2. The number of para-hydroxylation sites is 2. The van der Waals surface area contributed by atoms with Crippen LogP contribution in [0, 0.1) is 5.92 Å². The van der Waals surface area contributed by atoms with E-state index in [0.29, 0.717) is 0 Å². The molecule has 2 aromatic rings. The number of hydrogen-bond donors (Lipinski definition) is 1. The topological polar surface area (TPSA) is 56.2 Å². The average molecular weight is 412 g/mol. The van der Waals surface area contributed by atoms with Gasteiger partial charge in [-0.05, 0) is 50.2 Å². The highest BCUT2D eigenvalue weighted by Gasteiger charge is 2.22. The smallest absolute Gasteiger partial charge is 0.249 e. The fourth-order valence-corrected chi connectivity index (χ4v) is 5.05. The molecule has 5 nitrogen and oxygen atoms in total. The van der Waals surface area contributed by atoms with Gasteiger partial charge in [0.05, 0.1) is 11.0 Å². The van der Waals surface area contributed by atoms with Gasteiger partial charge >= 0.3 is 0 Å². The summed E-state index contributed by atoms with van der Waals surface area (Å²) in [5, 5.41) is 3.03. The van der Waals surface area contributed by atoms with Gasteiger partial charge in [0.25, 0.3) is 0 Å². The standard InChI is InChI=1S/C25H37N3O2/c29-25(23-14-9-19-30-23)26-17-8-2-5-15-24-27-21-12-6-7-13-22(21)28(24)18-16-20-10-3-1-4-11-20/h6-7,12-13,20,23H,1-5,8-11,14-19H2,(H,26,29). The number of amides is 1. The van der Waals surface area contributed by atoms with Crippen molar-refractivity contribution in [2.24, 2.45) is 5.92 Å². The van der Waals surface area contributed by atoms with Crippen molar-refractivity contribution >= 4 is 16.9 Å². The number of rotatable bonds is 10. The van der Waals surface area contributed by atoms with E-state index in [9.17, 15) is 4.79 Å². The number of benzene rings is 1. The second kappa shape index (κ2) is 10.9. The highest BCUT2D eigenvalue weighted by Crippen LogP contribution is 2.28. The van der Waals surface area contributed by atoms with E-state index in [1.165, 1.54) is 49.9 Å². The Hall–Kier alpha value is -1.88. The van der Waals surface area contributed by atoms with Gasteiger partial charge in [-0.3, -0.25) is 4.79 Å². The van der Waals surface area contributed by atoms with Crippen molar-refractivity contribution in [3.63, 3.8) is 0 Å². The molecule has 0 spiro atoms. The monoisotopic (exact) mass is 411 g/mol. The average Bonchev–Trinajstić information content (AvgIpc) is 3.43. The molecule has 1 aliphatic carbocycles. The molecule has 2 fully saturated rings. The van der Waals surface area contributed by atoms with Crippen molar-refractivity contribution in [2.45, 2.75) is 89.7 Å². The molecular formula is C25H37N3O2. The number of fused-ring (bicyclic) bond motifs is 1. The Morgan fingerprint density at radius 1 is 1.07 bits per heavy atom. The summed E-state index contributed by atoms with van der Waals surface area (Å²) >= 11 is 0. The number of nitrogens with one attached hydrogen (secondary N) is 1. The first-order valence-corrected chi connectivity index (χ1v) is 12.1. The lowest BCUT2D eigenvalue weighted by Crippen LogP contribution is -2.34. The molecule has 1 aromatic carbocycles. The molecular weight excluding hydrogens is 374 g/mol. The quantitative estimate of drug-likeness (QED) is 0.559. The number of ether oxygens (including phenoxy) is 1. The lowest BCUT2D eigenvalue weighted by Gasteiger charge is -2.22. The summed E-state index contributed by atoms with van der Waals surface area (Å²) in [7, 11) is 0. The van der Waals surface area contributed by atoms with Crippen LogP contribution in [0.25, 0.3) is 11.0 Å². The summed E-state index contributed by atoms with van der Waals surface area (Å²) in [5.74, 6) is 2.19. The Morgan fingerprint density at radius 2 is 1.93 bits per heavy atom. The molecule has 1 atom stereocenters. The van der Waals surface area contributed by atoms with Gasteiger partial charge in [0.15, 0.2) is 0 Å². The third kappa shape index (κ3) is 5.63. The molecule has 1 aromatic heterocycles. The minimum Gasteiger partial charge on any atom is -0.368 e. The van der Waals surface area contributed by atoms with Crippen molar-refractivity contribution in [1.82, 2.24) is 14.9 Å². The number of imidazole rings is 1. The van der Waals surface area contributed by atoms with E-state index in [-0.39, 0.29) is 12.0 Å². The minimum atomic E-state index is -0.214. The largest absolute Gasteiger partial charge is 0.368 e. The van der Waals surface area contributed by atoms with Crippen molar-refractivity contribution in [3.8, 4) is 0 Å². The molecule has 2 aliphatic rings. The molecule has 0 radical (unpaired) electrons. The van der Waals surface area contributed by atoms with Gasteiger partial charge in [0.1, 0.15) is 11.9 Å². The zero-order valence-electron chi connectivity index (χ0n) is 18.3. The minimum absolute atomic E-state index is 0.0667. The third-order valence-corrected chi connectivity index (χ3v) is 6.82. The van der Waals surface area contributed by atoms with E-state index in [1.54, 1.807) is 0 Å². The first-order chi connectivity index (χ1) is 14.8. The number of carbonyl (C=O) groups is 1. The third-order valence-electron chi connectivity index (χ3n) is 6.82. The van der Waals surface area contributed by atoms with E-state index in [0.717, 1.165) is 69.7 Å². The van der Waals surface area contributed by atoms with Gasteiger partial charge in [0, 0.05) is 26.1 Å². The zero-order valence-corrected chi connectivity index (χ0v) is 18.3. The Morgan fingerprint density at radius 3 is 2.77 bits per heavy atom. The highest BCUT2D eigenvalue weighted by molar-refractivity contribution is 5.80. The second-order valence-electron chi connectivity index (χ2n) is 9.06. The van der Waals surface area contributed by atoms with E-state index in [2.05, 4.69) is 34.1 Å². The molecule has 1 amide bonds. The molecule has 0 bridgehead atoms. The van der Waals surface area contributed by atoms with Crippen LogP contribution in [0.3, 0.4) is 0 Å². The molecule has 1 saturated heterocycles. The van der Waals surface area contributed by atoms with Gasteiger partial charge in [-0.2, -0.15) is 0 Å². The number of nitrogens with zero attached hydrogens (tertiary/aromatic N) is 2. The van der Waals surface area contributed by atoms with E-state index in [4.69, 9.17) is 9.72 Å². The van der Waals surface area contributed by atoms with Gasteiger partial charge in [-0.25, -0.2) is 4.98 Å². The summed E-state index contributed by atoms with van der Waals surface area (Å²) in [6.07, 6.45) is 14.2. The number of carbonyl (C=O) groups excluding carboxylic acids is 1. The van der Waals surface area contributed by atoms with Crippen molar-refractivity contribution < 1.29 is 9.53 Å². The summed E-state index contributed by atoms with van der Waals surface area (Å²) in [6.45, 7) is 2.56. The summed E-state index contributed by atoms with van der Waals surface area (Å²) < 4.78 is 7.91. The van der Waals surface area contributed by atoms with Crippen LogP contribution in [0.1, 0.15) is 76.5 Å². The molecule has 1 N–H and O–H groups in total.